The van der Waals surface area contributed by atoms with Crippen molar-refractivity contribution in [2.45, 2.75) is 30.7 Å². The van der Waals surface area contributed by atoms with E-state index in [2.05, 4.69) is 5.32 Å². The van der Waals surface area contributed by atoms with Crippen molar-refractivity contribution in [1.82, 2.24) is 5.32 Å². The third kappa shape index (κ3) is 4.57. The van der Waals surface area contributed by atoms with Crippen molar-refractivity contribution in [1.29, 1.82) is 0 Å². The summed E-state index contributed by atoms with van der Waals surface area (Å²) in [4.78, 5) is 12.4. The molecule has 1 unspecified atom stereocenters. The van der Waals surface area contributed by atoms with Crippen LogP contribution in [0.4, 0.5) is 0 Å². The Labute approximate surface area is 124 Å². The summed E-state index contributed by atoms with van der Waals surface area (Å²) in [5.41, 5.74) is 5.94. The van der Waals surface area contributed by atoms with Crippen LogP contribution in [0.3, 0.4) is 0 Å². The molecule has 0 bridgehead atoms. The monoisotopic (exact) mass is 314 g/mol. The summed E-state index contributed by atoms with van der Waals surface area (Å²) in [6.45, 7) is 1.97. The molecule has 1 atom stereocenters. The third-order valence-electron chi connectivity index (χ3n) is 2.77. The van der Waals surface area contributed by atoms with Gasteiger partial charge >= 0.3 is 0 Å². The van der Waals surface area contributed by atoms with Gasteiger partial charge in [0.25, 0.3) is 5.91 Å². The molecule has 1 aromatic carbocycles. The van der Waals surface area contributed by atoms with E-state index in [1.54, 1.807) is 0 Å². The van der Waals surface area contributed by atoms with Crippen molar-refractivity contribution >= 4 is 33.0 Å². The number of rotatable bonds is 6. The lowest BCUT2D eigenvalue weighted by Gasteiger charge is -2.16. The number of benzene rings is 1. The lowest BCUT2D eigenvalue weighted by molar-refractivity contribution is 0.0945. The van der Waals surface area contributed by atoms with E-state index in [1.165, 1.54) is 24.3 Å². The van der Waals surface area contributed by atoms with Gasteiger partial charge in [0.2, 0.25) is 0 Å². The number of carbonyl (C=O) groups excluding carboxylic acids is 1. The molecule has 0 fully saturated rings. The summed E-state index contributed by atoms with van der Waals surface area (Å²) in [7, 11) is -3.26. The molecule has 1 aromatic rings. The van der Waals surface area contributed by atoms with Crippen LogP contribution in [0.1, 0.15) is 30.1 Å². The predicted octanol–water partition coefficient (Wildman–Crippen LogP) is 1.27. The highest BCUT2D eigenvalue weighted by molar-refractivity contribution is 7.90. The highest BCUT2D eigenvalue weighted by Crippen LogP contribution is 2.10. The molecule has 0 spiro atoms. The molecule has 20 heavy (non-hydrogen) atoms. The largest absolute Gasteiger partial charge is 0.392 e. The van der Waals surface area contributed by atoms with Crippen molar-refractivity contribution in [3.8, 4) is 0 Å². The maximum atomic E-state index is 12.0. The molecular formula is C13H18N2O3S2. The van der Waals surface area contributed by atoms with E-state index in [1.807, 2.05) is 6.92 Å². The molecule has 0 saturated carbocycles. The van der Waals surface area contributed by atoms with Crippen LogP contribution in [0.5, 0.6) is 0 Å². The Kier molecular flexibility index (Phi) is 5.64. The molecule has 0 heterocycles. The van der Waals surface area contributed by atoms with E-state index in [4.69, 9.17) is 18.0 Å². The molecule has 0 aliphatic carbocycles. The molecule has 0 aromatic heterocycles. The standard InChI is InChI=1S/C13H18N2O3S2/c1-3-4-11(12(14)19)15-13(16)9-5-7-10(8-6-9)20(2,17)18/h5-8,11H,3-4H2,1-2H3,(H2,14,19)(H,15,16). The molecule has 0 aliphatic heterocycles. The van der Waals surface area contributed by atoms with E-state index < -0.39 is 9.84 Å². The van der Waals surface area contributed by atoms with E-state index in [0.717, 1.165) is 12.7 Å². The molecule has 5 nitrogen and oxygen atoms in total. The van der Waals surface area contributed by atoms with Crippen molar-refractivity contribution in [2.75, 3.05) is 6.26 Å². The van der Waals surface area contributed by atoms with Crippen molar-refractivity contribution in [3.05, 3.63) is 29.8 Å². The van der Waals surface area contributed by atoms with Crippen LogP contribution in [0.15, 0.2) is 29.2 Å². The predicted molar refractivity (Wildman–Crippen MR) is 82.5 cm³/mol. The Bertz CT molecular complexity index is 595. The van der Waals surface area contributed by atoms with Crippen LogP contribution in [-0.2, 0) is 9.84 Å². The highest BCUT2D eigenvalue weighted by Gasteiger charge is 2.16. The number of hydrogen-bond acceptors (Lipinski definition) is 4. The minimum atomic E-state index is -3.26. The van der Waals surface area contributed by atoms with Gasteiger partial charge in [-0.15, -0.1) is 0 Å². The van der Waals surface area contributed by atoms with Gasteiger partial charge in [-0.25, -0.2) is 8.42 Å². The quantitative estimate of drug-likeness (QED) is 0.772. The van der Waals surface area contributed by atoms with Crippen LogP contribution in [-0.4, -0.2) is 31.6 Å². The van der Waals surface area contributed by atoms with Gasteiger partial charge < -0.3 is 11.1 Å². The van der Waals surface area contributed by atoms with Gasteiger partial charge in [-0.05, 0) is 30.7 Å². The molecule has 7 heteroatoms. The average molecular weight is 314 g/mol. The summed E-state index contributed by atoms with van der Waals surface area (Å²) < 4.78 is 22.7. The number of thiocarbonyl (C=S) groups is 1. The van der Waals surface area contributed by atoms with Gasteiger partial charge in [0.05, 0.1) is 15.9 Å². The van der Waals surface area contributed by atoms with Crippen LogP contribution >= 0.6 is 12.2 Å². The molecule has 0 radical (unpaired) electrons. The van der Waals surface area contributed by atoms with Crippen molar-refractivity contribution in [3.63, 3.8) is 0 Å². The Hall–Kier alpha value is -1.47. The van der Waals surface area contributed by atoms with Gasteiger partial charge in [-0.2, -0.15) is 0 Å². The van der Waals surface area contributed by atoms with Gasteiger partial charge in [-0.3, -0.25) is 4.79 Å². The van der Waals surface area contributed by atoms with E-state index in [0.29, 0.717) is 12.0 Å². The normalized spacial score (nSPS) is 12.7. The molecule has 110 valence electrons. The Morgan fingerprint density at radius 1 is 1.35 bits per heavy atom. The average Bonchev–Trinajstić information content (AvgIpc) is 2.37. The number of carbonyl (C=O) groups is 1. The minimum absolute atomic E-state index is 0.175. The number of amides is 1. The maximum Gasteiger partial charge on any atom is 0.251 e. The SMILES string of the molecule is CCCC(NC(=O)c1ccc(S(C)(=O)=O)cc1)C(N)=S. The maximum absolute atomic E-state index is 12.0. The Morgan fingerprint density at radius 2 is 1.90 bits per heavy atom. The first kappa shape index (κ1) is 16.6. The fourth-order valence-electron chi connectivity index (χ4n) is 1.67. The first-order chi connectivity index (χ1) is 9.25. The van der Waals surface area contributed by atoms with E-state index in [9.17, 15) is 13.2 Å². The van der Waals surface area contributed by atoms with Crippen LogP contribution in [0.2, 0.25) is 0 Å². The summed E-state index contributed by atoms with van der Waals surface area (Å²) >= 11 is 4.90. The van der Waals surface area contributed by atoms with Gasteiger partial charge in [-0.1, -0.05) is 25.6 Å². The molecule has 3 N–H and O–H groups in total. The van der Waals surface area contributed by atoms with Gasteiger partial charge in [0, 0.05) is 11.8 Å². The van der Waals surface area contributed by atoms with Crippen molar-refractivity contribution < 1.29 is 13.2 Å². The fraction of sp³-hybridized carbons (Fsp3) is 0.385. The fourth-order valence-corrected chi connectivity index (χ4v) is 2.48. The van der Waals surface area contributed by atoms with Gasteiger partial charge in [0.1, 0.15) is 0 Å². The number of hydrogen-bond donors (Lipinski definition) is 2. The second kappa shape index (κ2) is 6.81. The van der Waals surface area contributed by atoms with Crippen LogP contribution in [0.25, 0.3) is 0 Å². The Balaban J connectivity index is 2.85. The Morgan fingerprint density at radius 3 is 2.30 bits per heavy atom. The zero-order valence-electron chi connectivity index (χ0n) is 11.4. The van der Waals surface area contributed by atoms with Crippen LogP contribution < -0.4 is 11.1 Å². The van der Waals surface area contributed by atoms with E-state index >= 15 is 0 Å². The summed E-state index contributed by atoms with van der Waals surface area (Å²) in [5, 5.41) is 2.74. The molecule has 0 saturated heterocycles. The minimum Gasteiger partial charge on any atom is -0.392 e. The van der Waals surface area contributed by atoms with E-state index in [-0.39, 0.29) is 21.8 Å². The summed E-state index contributed by atoms with van der Waals surface area (Å²) in [6, 6.07) is 5.39. The number of sulfone groups is 1. The van der Waals surface area contributed by atoms with Gasteiger partial charge in [0.15, 0.2) is 9.84 Å². The molecule has 1 rings (SSSR count). The zero-order chi connectivity index (χ0) is 15.3. The first-order valence-electron chi connectivity index (χ1n) is 6.16. The third-order valence-corrected chi connectivity index (χ3v) is 4.18. The number of nitrogens with one attached hydrogen (secondary N) is 1. The second-order valence-corrected chi connectivity index (χ2v) is 7.00. The molecule has 0 aliphatic rings. The summed E-state index contributed by atoms with van der Waals surface area (Å²) in [5.74, 6) is -0.323. The second-order valence-electron chi connectivity index (χ2n) is 4.51. The lowest BCUT2D eigenvalue weighted by atomic mass is 10.1. The summed E-state index contributed by atoms with van der Waals surface area (Å²) in [6.07, 6.45) is 2.63. The van der Waals surface area contributed by atoms with Crippen LogP contribution in [0, 0.1) is 0 Å². The molecular weight excluding hydrogens is 296 g/mol. The topological polar surface area (TPSA) is 89.3 Å². The van der Waals surface area contributed by atoms with Crippen molar-refractivity contribution in [2.24, 2.45) is 5.73 Å². The number of nitrogens with two attached hydrogens (primary N) is 1. The molecule has 1 amide bonds. The highest BCUT2D eigenvalue weighted by atomic mass is 32.2. The first-order valence-corrected chi connectivity index (χ1v) is 8.46. The lowest BCUT2D eigenvalue weighted by Crippen LogP contribution is -2.43. The smallest absolute Gasteiger partial charge is 0.251 e. The zero-order valence-corrected chi connectivity index (χ0v) is 13.1.